The van der Waals surface area contributed by atoms with E-state index < -0.39 is 0 Å². The minimum atomic E-state index is -0.320. The van der Waals surface area contributed by atoms with Gasteiger partial charge in [-0.05, 0) is 38.1 Å². The van der Waals surface area contributed by atoms with E-state index in [4.69, 9.17) is 16.3 Å². The molecule has 7 heteroatoms. The highest BCUT2D eigenvalue weighted by atomic mass is 35.5. The summed E-state index contributed by atoms with van der Waals surface area (Å²) in [5, 5.41) is 6.40. The summed E-state index contributed by atoms with van der Waals surface area (Å²) in [5.74, 6) is 0.640. The van der Waals surface area contributed by atoms with Gasteiger partial charge in [0.15, 0.2) is 0 Å². The first-order valence-electron chi connectivity index (χ1n) is 8.43. The summed E-state index contributed by atoms with van der Waals surface area (Å²) in [5.41, 5.74) is 1.62. The maximum Gasteiger partial charge on any atom is 0.258 e. The van der Waals surface area contributed by atoms with Crippen molar-refractivity contribution in [1.82, 2.24) is 9.97 Å². The first kappa shape index (κ1) is 18.7. The summed E-state index contributed by atoms with van der Waals surface area (Å²) in [4.78, 5) is 20.8. The molecule has 0 saturated carbocycles. The molecular formula is C20H19ClN4O2. The van der Waals surface area contributed by atoms with Crippen molar-refractivity contribution in [1.29, 1.82) is 0 Å². The topological polar surface area (TPSA) is 76.1 Å². The minimum Gasteiger partial charge on any atom is -0.489 e. The molecule has 6 nitrogen and oxygen atoms in total. The monoisotopic (exact) mass is 382 g/mol. The third-order valence-electron chi connectivity index (χ3n) is 3.53. The Balaban J connectivity index is 1.70. The molecule has 3 rings (SSSR count). The summed E-state index contributed by atoms with van der Waals surface area (Å²) in [6.07, 6.45) is 2.91. The fourth-order valence-electron chi connectivity index (χ4n) is 2.31. The molecule has 1 heterocycles. The Hall–Kier alpha value is -3.12. The molecule has 0 unspecified atom stereocenters. The first-order valence-corrected chi connectivity index (χ1v) is 8.81. The zero-order valence-corrected chi connectivity index (χ0v) is 15.7. The van der Waals surface area contributed by atoms with Crippen molar-refractivity contribution >= 4 is 34.8 Å². The number of rotatable bonds is 6. The van der Waals surface area contributed by atoms with Crippen molar-refractivity contribution < 1.29 is 9.53 Å². The number of aromatic nitrogens is 2. The van der Waals surface area contributed by atoms with Crippen molar-refractivity contribution in [2.75, 3.05) is 10.6 Å². The fourth-order valence-corrected chi connectivity index (χ4v) is 2.50. The van der Waals surface area contributed by atoms with Crippen LogP contribution in [0, 0.1) is 0 Å². The van der Waals surface area contributed by atoms with E-state index in [2.05, 4.69) is 20.6 Å². The highest BCUT2D eigenvalue weighted by Gasteiger charge is 2.12. The molecule has 0 saturated heterocycles. The van der Waals surface area contributed by atoms with Crippen molar-refractivity contribution in [3.63, 3.8) is 0 Å². The number of amides is 1. The summed E-state index contributed by atoms with van der Waals surface area (Å²) in [7, 11) is 0. The minimum absolute atomic E-state index is 0.00144. The third-order valence-corrected chi connectivity index (χ3v) is 3.86. The number of halogens is 1. The van der Waals surface area contributed by atoms with E-state index in [1.54, 1.807) is 12.1 Å². The highest BCUT2D eigenvalue weighted by molar-refractivity contribution is 6.33. The average molecular weight is 383 g/mol. The number of hydrogen-bond donors (Lipinski definition) is 2. The van der Waals surface area contributed by atoms with Crippen molar-refractivity contribution in [2.24, 2.45) is 0 Å². The van der Waals surface area contributed by atoms with Crippen molar-refractivity contribution in [3.8, 4) is 5.75 Å². The van der Waals surface area contributed by atoms with Gasteiger partial charge in [0.2, 0.25) is 5.95 Å². The molecule has 0 radical (unpaired) electrons. The fraction of sp³-hybridized carbons (Fsp3) is 0.150. The van der Waals surface area contributed by atoms with E-state index in [-0.39, 0.29) is 12.0 Å². The largest absolute Gasteiger partial charge is 0.489 e. The van der Waals surface area contributed by atoms with Crippen LogP contribution in [0.3, 0.4) is 0 Å². The van der Waals surface area contributed by atoms with Gasteiger partial charge in [-0.15, -0.1) is 0 Å². The lowest BCUT2D eigenvalue weighted by molar-refractivity contribution is 0.102. The van der Waals surface area contributed by atoms with Crippen LogP contribution in [-0.4, -0.2) is 22.0 Å². The Kier molecular flexibility index (Phi) is 5.88. The number of hydrogen-bond acceptors (Lipinski definition) is 5. The van der Waals surface area contributed by atoms with Gasteiger partial charge in [0.05, 0.1) is 28.1 Å². The van der Waals surface area contributed by atoms with Gasteiger partial charge in [-0.1, -0.05) is 35.9 Å². The van der Waals surface area contributed by atoms with Crippen LogP contribution in [0.5, 0.6) is 5.75 Å². The van der Waals surface area contributed by atoms with E-state index in [1.807, 2.05) is 50.2 Å². The Bertz CT molecular complexity index is 929. The number of carbonyl (C=O) groups excluding carboxylic acids is 1. The molecule has 0 bridgehead atoms. The molecule has 27 heavy (non-hydrogen) atoms. The van der Waals surface area contributed by atoms with E-state index in [9.17, 15) is 4.79 Å². The second-order valence-electron chi connectivity index (χ2n) is 6.02. The molecule has 0 aliphatic rings. The summed E-state index contributed by atoms with van der Waals surface area (Å²) < 4.78 is 5.71. The zero-order chi connectivity index (χ0) is 19.2. The number of anilines is 3. The van der Waals surface area contributed by atoms with Gasteiger partial charge in [0.1, 0.15) is 5.75 Å². The molecule has 138 valence electrons. The number of para-hydroxylation sites is 3. The standard InChI is InChI=1S/C20H19ClN4O2/c1-13(2)27-18-10-6-5-9-17(18)24-19(26)14-11-22-20(23-12-14)25-16-8-4-3-7-15(16)21/h3-13H,1-2H3,(H,24,26)(H,22,23,25). The average Bonchev–Trinajstić information content (AvgIpc) is 2.65. The lowest BCUT2D eigenvalue weighted by Crippen LogP contribution is -2.15. The van der Waals surface area contributed by atoms with Crippen LogP contribution in [0.25, 0.3) is 0 Å². The van der Waals surface area contributed by atoms with E-state index >= 15 is 0 Å². The number of ether oxygens (including phenoxy) is 1. The van der Waals surface area contributed by atoms with Gasteiger partial charge < -0.3 is 15.4 Å². The smallest absolute Gasteiger partial charge is 0.258 e. The van der Waals surface area contributed by atoms with Crippen LogP contribution in [-0.2, 0) is 0 Å². The number of benzene rings is 2. The predicted octanol–water partition coefficient (Wildman–Crippen LogP) is 4.91. The molecule has 1 amide bonds. The molecule has 0 aliphatic heterocycles. The summed E-state index contributed by atoms with van der Waals surface area (Å²) in [6.45, 7) is 3.86. The van der Waals surface area contributed by atoms with Gasteiger partial charge in [-0.2, -0.15) is 0 Å². The Morgan fingerprint density at radius 1 is 1.00 bits per heavy atom. The maximum absolute atomic E-state index is 12.5. The van der Waals surface area contributed by atoms with Crippen LogP contribution in [0.15, 0.2) is 60.9 Å². The van der Waals surface area contributed by atoms with Gasteiger partial charge in [-0.25, -0.2) is 9.97 Å². The second kappa shape index (κ2) is 8.51. The van der Waals surface area contributed by atoms with Crippen LogP contribution in [0.4, 0.5) is 17.3 Å². The molecule has 2 N–H and O–H groups in total. The number of nitrogens with zero attached hydrogens (tertiary/aromatic N) is 2. The van der Waals surface area contributed by atoms with Crippen LogP contribution < -0.4 is 15.4 Å². The normalized spacial score (nSPS) is 10.5. The molecule has 1 aromatic heterocycles. The zero-order valence-electron chi connectivity index (χ0n) is 14.9. The molecular weight excluding hydrogens is 364 g/mol. The van der Waals surface area contributed by atoms with Crippen LogP contribution in [0.2, 0.25) is 5.02 Å². The van der Waals surface area contributed by atoms with Crippen LogP contribution >= 0.6 is 11.6 Å². The van der Waals surface area contributed by atoms with Crippen molar-refractivity contribution in [2.45, 2.75) is 20.0 Å². The lowest BCUT2D eigenvalue weighted by atomic mass is 10.2. The van der Waals surface area contributed by atoms with E-state index in [0.29, 0.717) is 33.7 Å². The van der Waals surface area contributed by atoms with Gasteiger partial charge >= 0.3 is 0 Å². The molecule has 0 spiro atoms. The van der Waals surface area contributed by atoms with Crippen LogP contribution in [0.1, 0.15) is 24.2 Å². The number of nitrogens with one attached hydrogen (secondary N) is 2. The van der Waals surface area contributed by atoms with Crippen molar-refractivity contribution in [3.05, 3.63) is 71.5 Å². The predicted molar refractivity (Wildman–Crippen MR) is 107 cm³/mol. The SMILES string of the molecule is CC(C)Oc1ccccc1NC(=O)c1cnc(Nc2ccccc2Cl)nc1. The Morgan fingerprint density at radius 2 is 1.63 bits per heavy atom. The first-order chi connectivity index (χ1) is 13.0. The van der Waals surface area contributed by atoms with E-state index in [1.165, 1.54) is 12.4 Å². The molecule has 0 aliphatic carbocycles. The van der Waals surface area contributed by atoms with E-state index in [0.717, 1.165) is 0 Å². The third kappa shape index (κ3) is 4.95. The molecule has 3 aromatic rings. The van der Waals surface area contributed by atoms with Gasteiger partial charge in [-0.3, -0.25) is 4.79 Å². The molecule has 2 aromatic carbocycles. The Labute approximate surface area is 162 Å². The maximum atomic E-state index is 12.5. The molecule has 0 fully saturated rings. The molecule has 0 atom stereocenters. The number of carbonyl (C=O) groups is 1. The quantitative estimate of drug-likeness (QED) is 0.633. The summed E-state index contributed by atoms with van der Waals surface area (Å²) in [6, 6.07) is 14.5. The highest BCUT2D eigenvalue weighted by Crippen LogP contribution is 2.26. The lowest BCUT2D eigenvalue weighted by Gasteiger charge is -2.14. The van der Waals surface area contributed by atoms with Gasteiger partial charge in [0.25, 0.3) is 5.91 Å². The summed E-state index contributed by atoms with van der Waals surface area (Å²) >= 11 is 6.10. The Morgan fingerprint density at radius 3 is 2.30 bits per heavy atom. The second-order valence-corrected chi connectivity index (χ2v) is 6.42. The van der Waals surface area contributed by atoms with Gasteiger partial charge in [0, 0.05) is 12.4 Å².